The largest absolute Gasteiger partial charge is 0.293 e. The van der Waals surface area contributed by atoms with E-state index in [0.717, 1.165) is 0 Å². The predicted octanol–water partition coefficient (Wildman–Crippen LogP) is 2.43. The van der Waals surface area contributed by atoms with Gasteiger partial charge in [-0.3, -0.25) is 6.58 Å². The summed E-state index contributed by atoms with van der Waals surface area (Å²) < 4.78 is 0. The summed E-state index contributed by atoms with van der Waals surface area (Å²) in [4.78, 5) is 0. The van der Waals surface area contributed by atoms with E-state index in [2.05, 4.69) is 6.58 Å². The first-order chi connectivity index (χ1) is 1.91. The molecule has 0 aromatic rings. The van der Waals surface area contributed by atoms with Crippen molar-refractivity contribution in [2.45, 2.75) is 14.9 Å². The maximum absolute atomic E-state index is 4.78. The number of hydrogen-bond acceptors (Lipinski definition) is 0. The van der Waals surface area contributed by atoms with Crippen LogP contribution >= 0.6 is 0 Å². The van der Waals surface area contributed by atoms with Gasteiger partial charge in [0.05, 0.1) is 0 Å². The van der Waals surface area contributed by atoms with E-state index in [-0.39, 0.29) is 47.6 Å². The summed E-state index contributed by atoms with van der Waals surface area (Å²) in [5.74, 6) is 0. The van der Waals surface area contributed by atoms with Crippen LogP contribution in [0.1, 0.15) is 14.9 Å². The second kappa shape index (κ2) is 30.7. The molecule has 0 rings (SSSR count). The van der Waals surface area contributed by atoms with Crippen molar-refractivity contribution in [1.82, 2.24) is 0 Å². The summed E-state index contributed by atoms with van der Waals surface area (Å²) in [7, 11) is 0. The van der Waals surface area contributed by atoms with Gasteiger partial charge in [-0.05, 0) is 0 Å². The van der Waals surface area contributed by atoms with Crippen LogP contribution in [0.4, 0.5) is 0 Å². The fourth-order valence-electron chi connectivity index (χ4n) is 0. The van der Waals surface area contributed by atoms with Gasteiger partial charge in [0.1, 0.15) is 0 Å². The average molecular weight is 174 g/mol. The van der Waals surface area contributed by atoms with E-state index in [1.807, 2.05) is 0 Å². The fourth-order valence-corrected chi connectivity index (χ4v) is 0. The number of hydrogen-bond donors (Lipinski definition) is 0. The van der Waals surface area contributed by atoms with Crippen molar-refractivity contribution in [1.29, 1.82) is 0 Å². The molecule has 0 amide bonds. The minimum atomic E-state index is 0. The molecule has 0 fully saturated rings. The summed E-state index contributed by atoms with van der Waals surface area (Å²) in [5, 5.41) is 0. The molecule has 0 aliphatic rings. The molecule has 0 bridgehead atoms. The maximum atomic E-state index is 4.78. The molecule has 0 nitrogen and oxygen atoms in total. The third kappa shape index (κ3) is 55.1. The summed E-state index contributed by atoms with van der Waals surface area (Å²) in [6.45, 7) is 8.08. The van der Waals surface area contributed by atoms with Crippen molar-refractivity contribution in [3.63, 3.8) is 0 Å². The van der Waals surface area contributed by atoms with Gasteiger partial charge in [-0.2, -0.15) is 6.58 Å². The predicted molar refractivity (Wildman–Crippen MR) is 32.5 cm³/mol. The minimum absolute atomic E-state index is 0. The Morgan fingerprint density at radius 2 is 1.43 bits per heavy atom. The van der Waals surface area contributed by atoms with Crippen LogP contribution in [0.25, 0.3) is 0 Å². The van der Waals surface area contributed by atoms with Crippen molar-refractivity contribution < 1.29 is 32.7 Å². The summed E-state index contributed by atoms with van der Waals surface area (Å²) in [6, 6.07) is 0. The van der Waals surface area contributed by atoms with Gasteiger partial charge in [-0.1, -0.05) is 14.9 Å². The van der Waals surface area contributed by atoms with Gasteiger partial charge in [-0.25, -0.2) is 12.2 Å². The molecule has 0 aromatic carbocycles. The van der Waals surface area contributed by atoms with E-state index < -0.39 is 0 Å². The molecular weight excluding hydrogens is 161 g/mol. The molecule has 0 spiro atoms. The zero-order valence-corrected chi connectivity index (χ0v) is 5.85. The molecule has 0 saturated heterocycles. The molecule has 0 aliphatic heterocycles. The Kier molecular flexibility index (Phi) is 112. The third-order valence-corrected chi connectivity index (χ3v) is 0.136. The second-order valence-corrected chi connectivity index (χ2v) is 0.428. The van der Waals surface area contributed by atoms with Crippen LogP contribution in [-0.4, -0.2) is 0 Å². The Balaban J connectivity index is -0.0000000150. The van der Waals surface area contributed by atoms with Gasteiger partial charge >= 0.3 is 0 Å². The molecule has 1 heteroatoms. The monoisotopic (exact) mass is 174 g/mol. The average Bonchev–Trinajstić information content (AvgIpc) is 1.37. The van der Waals surface area contributed by atoms with Crippen LogP contribution in [0, 0.1) is 6.58 Å². The van der Waals surface area contributed by atoms with E-state index >= 15 is 0 Å². The summed E-state index contributed by atoms with van der Waals surface area (Å²) >= 11 is 0. The molecule has 0 atom stereocenters. The zero-order valence-electron chi connectivity index (χ0n) is 3.02. The molecule has 0 unspecified atom stereocenters. The van der Waals surface area contributed by atoms with Crippen LogP contribution in [-0.2, 0) is 32.7 Å². The molecule has 0 aliphatic carbocycles. The standard InChI is InChI=1S/C4H5.2CH4.Y/c1-3-4-2;;;/h1,3-4H,2H2;2*1H4;/q-1;;;. The van der Waals surface area contributed by atoms with Gasteiger partial charge in [-0.15, -0.1) is 0 Å². The topological polar surface area (TPSA) is 0 Å². The van der Waals surface area contributed by atoms with Gasteiger partial charge in [0.15, 0.2) is 0 Å². The molecule has 1 radical (unpaired) electrons. The van der Waals surface area contributed by atoms with E-state index in [4.69, 9.17) is 6.58 Å². The summed E-state index contributed by atoms with van der Waals surface area (Å²) in [6.07, 6.45) is 2.92. The van der Waals surface area contributed by atoms with E-state index in [0.29, 0.717) is 0 Å². The van der Waals surface area contributed by atoms with E-state index in [1.165, 1.54) is 12.2 Å². The van der Waals surface area contributed by atoms with Crippen LogP contribution in [0.15, 0.2) is 18.7 Å². The quantitative estimate of drug-likeness (QED) is 0.423. The van der Waals surface area contributed by atoms with Crippen LogP contribution in [0.3, 0.4) is 0 Å². The summed E-state index contributed by atoms with van der Waals surface area (Å²) in [5.41, 5.74) is 0. The number of allylic oxidation sites excluding steroid dienone is 2. The van der Waals surface area contributed by atoms with Gasteiger partial charge in [0.25, 0.3) is 0 Å². The molecule has 0 saturated carbocycles. The number of rotatable bonds is 1. The normalized spacial score (nSPS) is 2.86. The maximum Gasteiger partial charge on any atom is 0 e. The smallest absolute Gasteiger partial charge is 0 e. The Hall–Kier alpha value is 0.584. The van der Waals surface area contributed by atoms with E-state index in [1.54, 1.807) is 0 Å². The third-order valence-electron chi connectivity index (χ3n) is 0.136. The fraction of sp³-hybridized carbons (Fsp3) is 0.333. The second-order valence-electron chi connectivity index (χ2n) is 0.428. The molecule has 0 heterocycles. The Labute approximate surface area is 72.6 Å². The first-order valence-corrected chi connectivity index (χ1v) is 1.07. The van der Waals surface area contributed by atoms with Crippen molar-refractivity contribution in [3.05, 3.63) is 25.3 Å². The van der Waals surface area contributed by atoms with Crippen molar-refractivity contribution in [2.75, 3.05) is 0 Å². The first-order valence-electron chi connectivity index (χ1n) is 1.07. The molecule has 7 heavy (non-hydrogen) atoms. The van der Waals surface area contributed by atoms with E-state index in [9.17, 15) is 0 Å². The van der Waals surface area contributed by atoms with Crippen molar-refractivity contribution in [2.24, 2.45) is 0 Å². The molecular formula is C6H13Y-. The van der Waals surface area contributed by atoms with Crippen molar-refractivity contribution in [3.8, 4) is 0 Å². The molecule has 0 aromatic heterocycles. The molecule has 0 N–H and O–H groups in total. The van der Waals surface area contributed by atoms with Crippen LogP contribution < -0.4 is 0 Å². The Bertz CT molecular complexity index is 25.2. The molecule has 41 valence electrons. The van der Waals surface area contributed by atoms with Gasteiger partial charge < -0.3 is 0 Å². The first kappa shape index (κ1) is 25.6. The van der Waals surface area contributed by atoms with Crippen LogP contribution in [0.5, 0.6) is 0 Å². The zero-order chi connectivity index (χ0) is 3.41. The van der Waals surface area contributed by atoms with Gasteiger partial charge in [0.2, 0.25) is 0 Å². The van der Waals surface area contributed by atoms with Crippen molar-refractivity contribution >= 4 is 0 Å². The Morgan fingerprint density at radius 3 is 1.43 bits per heavy atom. The minimum Gasteiger partial charge on any atom is -0.293 e. The van der Waals surface area contributed by atoms with Gasteiger partial charge in [0, 0.05) is 32.7 Å². The Morgan fingerprint density at radius 1 is 1.29 bits per heavy atom. The van der Waals surface area contributed by atoms with Crippen LogP contribution in [0.2, 0.25) is 0 Å². The SMILES string of the molecule is C.C.[CH-]=CC=C.[Y].